The highest BCUT2D eigenvalue weighted by Crippen LogP contribution is 2.40. The molecule has 0 bridgehead atoms. The Kier molecular flexibility index (Phi) is 3.21. The van der Waals surface area contributed by atoms with Gasteiger partial charge in [-0.1, -0.05) is 36.4 Å². The lowest BCUT2D eigenvalue weighted by Gasteiger charge is -2.35. The van der Waals surface area contributed by atoms with Gasteiger partial charge >= 0.3 is 11.9 Å². The Balaban J connectivity index is 2.65. The second-order valence-corrected chi connectivity index (χ2v) is 4.44. The van der Waals surface area contributed by atoms with Gasteiger partial charge in [-0.2, -0.15) is 0 Å². The van der Waals surface area contributed by atoms with E-state index in [-0.39, 0.29) is 5.57 Å². The molecule has 0 saturated carbocycles. The van der Waals surface area contributed by atoms with E-state index in [1.54, 1.807) is 30.3 Å². The standard InChI is InChI=1S/C14H12O6/c15-11(16)13(12(17)18)8-10(6-7-14(13,19)20)9-4-2-1-3-5-9/h1-8,19-20H,(H,15,16)(H,17,18). The monoisotopic (exact) mass is 276 g/mol. The van der Waals surface area contributed by atoms with E-state index < -0.39 is 23.1 Å². The lowest BCUT2D eigenvalue weighted by Crippen LogP contribution is -2.57. The highest BCUT2D eigenvalue weighted by atomic mass is 16.5. The van der Waals surface area contributed by atoms with Crippen LogP contribution in [-0.4, -0.2) is 38.2 Å². The Morgan fingerprint density at radius 1 is 0.950 bits per heavy atom. The summed E-state index contributed by atoms with van der Waals surface area (Å²) in [4.78, 5) is 22.7. The Hall–Kier alpha value is -2.44. The average molecular weight is 276 g/mol. The average Bonchev–Trinajstić information content (AvgIpc) is 2.38. The molecule has 2 rings (SSSR count). The van der Waals surface area contributed by atoms with Crippen molar-refractivity contribution < 1.29 is 30.0 Å². The highest BCUT2D eigenvalue weighted by molar-refractivity contribution is 6.05. The van der Waals surface area contributed by atoms with Crippen LogP contribution >= 0.6 is 0 Å². The van der Waals surface area contributed by atoms with Crippen LogP contribution in [0.15, 0.2) is 48.6 Å². The molecular weight excluding hydrogens is 264 g/mol. The summed E-state index contributed by atoms with van der Waals surface area (Å²) in [6.07, 6.45) is 2.88. The first kappa shape index (κ1) is 14.0. The molecule has 6 heteroatoms. The zero-order chi connectivity index (χ0) is 15.0. The smallest absolute Gasteiger partial charge is 0.331 e. The van der Waals surface area contributed by atoms with Crippen LogP contribution in [0, 0.1) is 5.41 Å². The number of hydrogen-bond donors (Lipinski definition) is 4. The number of aliphatic hydroxyl groups is 2. The van der Waals surface area contributed by atoms with Crippen LogP contribution in [0.2, 0.25) is 0 Å². The third-order valence-electron chi connectivity index (χ3n) is 3.23. The molecular formula is C14H12O6. The minimum atomic E-state index is -3.01. The highest BCUT2D eigenvalue weighted by Gasteiger charge is 2.61. The van der Waals surface area contributed by atoms with Gasteiger partial charge in [0.1, 0.15) is 0 Å². The van der Waals surface area contributed by atoms with Gasteiger partial charge < -0.3 is 20.4 Å². The quantitative estimate of drug-likeness (QED) is 0.471. The summed E-state index contributed by atoms with van der Waals surface area (Å²) < 4.78 is 0. The minimum Gasteiger partial charge on any atom is -0.480 e. The summed E-state index contributed by atoms with van der Waals surface area (Å²) in [7, 11) is 0. The van der Waals surface area contributed by atoms with Gasteiger partial charge in [0.05, 0.1) is 0 Å². The summed E-state index contributed by atoms with van der Waals surface area (Å²) in [6.45, 7) is 0. The molecule has 0 spiro atoms. The van der Waals surface area contributed by atoms with E-state index in [1.165, 1.54) is 6.08 Å². The molecule has 0 heterocycles. The first-order valence-corrected chi connectivity index (χ1v) is 5.70. The number of aliphatic carboxylic acids is 2. The molecule has 0 amide bonds. The molecule has 0 unspecified atom stereocenters. The maximum absolute atomic E-state index is 11.3. The van der Waals surface area contributed by atoms with Crippen molar-refractivity contribution in [3.8, 4) is 0 Å². The van der Waals surface area contributed by atoms with Crippen LogP contribution in [0.25, 0.3) is 5.57 Å². The van der Waals surface area contributed by atoms with E-state index in [0.717, 1.165) is 12.2 Å². The van der Waals surface area contributed by atoms with Crippen LogP contribution in [-0.2, 0) is 9.59 Å². The molecule has 1 aromatic rings. The number of carboxylic acids is 2. The number of allylic oxidation sites excluding steroid dienone is 2. The first-order valence-electron chi connectivity index (χ1n) is 5.70. The van der Waals surface area contributed by atoms with E-state index >= 15 is 0 Å². The van der Waals surface area contributed by atoms with Crippen molar-refractivity contribution in [2.24, 2.45) is 5.41 Å². The molecule has 104 valence electrons. The number of hydrogen-bond acceptors (Lipinski definition) is 4. The van der Waals surface area contributed by atoms with Crippen LogP contribution in [0.1, 0.15) is 5.56 Å². The van der Waals surface area contributed by atoms with Gasteiger partial charge in [-0.15, -0.1) is 0 Å². The predicted octanol–water partition coefficient (Wildman–Crippen LogP) is 0.476. The van der Waals surface area contributed by atoms with E-state index in [0.29, 0.717) is 5.56 Å². The molecule has 6 nitrogen and oxygen atoms in total. The van der Waals surface area contributed by atoms with E-state index in [1.807, 2.05) is 0 Å². The van der Waals surface area contributed by atoms with Crippen LogP contribution in [0.4, 0.5) is 0 Å². The van der Waals surface area contributed by atoms with Gasteiger partial charge in [0, 0.05) is 0 Å². The molecule has 0 fully saturated rings. The molecule has 0 atom stereocenters. The van der Waals surface area contributed by atoms with Crippen molar-refractivity contribution in [1.82, 2.24) is 0 Å². The molecule has 0 radical (unpaired) electrons. The van der Waals surface area contributed by atoms with Gasteiger partial charge in [-0.25, -0.2) is 0 Å². The molecule has 0 aromatic heterocycles. The van der Waals surface area contributed by atoms with Crippen molar-refractivity contribution in [3.05, 3.63) is 54.1 Å². The predicted molar refractivity (Wildman–Crippen MR) is 68.4 cm³/mol. The summed E-state index contributed by atoms with van der Waals surface area (Å²) in [6, 6.07) is 8.47. The fourth-order valence-electron chi connectivity index (χ4n) is 2.06. The van der Waals surface area contributed by atoms with Crippen LogP contribution < -0.4 is 0 Å². The number of carbonyl (C=O) groups is 2. The van der Waals surface area contributed by atoms with Gasteiger partial charge in [0.2, 0.25) is 11.2 Å². The Morgan fingerprint density at radius 3 is 2.00 bits per heavy atom. The zero-order valence-electron chi connectivity index (χ0n) is 10.2. The maximum atomic E-state index is 11.3. The van der Waals surface area contributed by atoms with Crippen molar-refractivity contribution in [1.29, 1.82) is 0 Å². The summed E-state index contributed by atoms with van der Waals surface area (Å²) in [5, 5.41) is 37.9. The number of carboxylic acid groups (broad SMARTS) is 2. The van der Waals surface area contributed by atoms with Crippen LogP contribution in [0.5, 0.6) is 0 Å². The van der Waals surface area contributed by atoms with Gasteiger partial charge in [0.15, 0.2) is 0 Å². The van der Waals surface area contributed by atoms with Gasteiger partial charge in [-0.05, 0) is 23.3 Å². The van der Waals surface area contributed by atoms with Gasteiger partial charge in [0.25, 0.3) is 0 Å². The normalized spacial score (nSPS) is 19.2. The molecule has 1 aromatic carbocycles. The molecule has 0 saturated heterocycles. The third-order valence-corrected chi connectivity index (χ3v) is 3.23. The van der Waals surface area contributed by atoms with E-state index in [9.17, 15) is 30.0 Å². The second-order valence-electron chi connectivity index (χ2n) is 4.44. The molecule has 20 heavy (non-hydrogen) atoms. The van der Waals surface area contributed by atoms with Crippen LogP contribution in [0.3, 0.4) is 0 Å². The van der Waals surface area contributed by atoms with Crippen molar-refractivity contribution >= 4 is 17.5 Å². The SMILES string of the molecule is O=C(O)C1(C(=O)O)C=C(c2ccccc2)C=CC1(O)O. The number of rotatable bonds is 3. The molecule has 0 aliphatic heterocycles. The van der Waals surface area contributed by atoms with Gasteiger partial charge in [-0.3, -0.25) is 9.59 Å². The Bertz CT molecular complexity index is 598. The summed E-state index contributed by atoms with van der Waals surface area (Å²) >= 11 is 0. The fraction of sp³-hybridized carbons (Fsp3) is 0.143. The van der Waals surface area contributed by atoms with E-state index in [2.05, 4.69) is 0 Å². The summed E-state index contributed by atoms with van der Waals surface area (Å²) in [5.41, 5.74) is -1.99. The number of benzene rings is 1. The lowest BCUT2D eigenvalue weighted by molar-refractivity contribution is -0.214. The van der Waals surface area contributed by atoms with Crippen molar-refractivity contribution in [2.75, 3.05) is 0 Å². The third kappa shape index (κ3) is 1.91. The maximum Gasteiger partial charge on any atom is 0.331 e. The Labute approximate surface area is 113 Å². The largest absolute Gasteiger partial charge is 0.480 e. The molecule has 4 N–H and O–H groups in total. The second kappa shape index (κ2) is 4.59. The topological polar surface area (TPSA) is 115 Å². The van der Waals surface area contributed by atoms with Crippen molar-refractivity contribution in [3.63, 3.8) is 0 Å². The fourth-order valence-corrected chi connectivity index (χ4v) is 2.06. The lowest BCUT2D eigenvalue weighted by atomic mass is 9.73. The first-order chi connectivity index (χ1) is 9.31. The van der Waals surface area contributed by atoms with Crippen molar-refractivity contribution in [2.45, 2.75) is 5.79 Å². The Morgan fingerprint density at radius 2 is 1.50 bits per heavy atom. The molecule has 1 aliphatic rings. The van der Waals surface area contributed by atoms with E-state index in [4.69, 9.17) is 0 Å². The minimum absolute atomic E-state index is 0.286. The zero-order valence-corrected chi connectivity index (χ0v) is 10.2. The summed E-state index contributed by atoms with van der Waals surface area (Å²) in [5.74, 6) is -6.72. The molecule has 1 aliphatic carbocycles.